The molecule has 0 spiro atoms. The molecule has 0 amide bonds. The summed E-state index contributed by atoms with van der Waals surface area (Å²) >= 11 is 0. The molecule has 0 aliphatic carbocycles. The summed E-state index contributed by atoms with van der Waals surface area (Å²) in [5.41, 5.74) is 0.622. The zero-order valence-corrected chi connectivity index (χ0v) is 24.4. The van der Waals surface area contributed by atoms with Gasteiger partial charge in [0.05, 0.1) is 34.3 Å². The number of cyclic esters (lactones) is 2. The highest BCUT2D eigenvalue weighted by Gasteiger charge is 2.08. The minimum atomic E-state index is -0.866. The van der Waals surface area contributed by atoms with Crippen LogP contribution in [0.5, 0.6) is 0 Å². The van der Waals surface area contributed by atoms with Crippen LogP contribution in [-0.4, -0.2) is 102 Å². The van der Waals surface area contributed by atoms with E-state index in [0.29, 0.717) is 25.2 Å². The summed E-state index contributed by atoms with van der Waals surface area (Å²) in [6, 6.07) is 0. The molecule has 1 aliphatic rings. The summed E-state index contributed by atoms with van der Waals surface area (Å²) in [6.45, 7) is 16.1. The molecule has 1 saturated heterocycles. The molecule has 1 aliphatic heterocycles. The summed E-state index contributed by atoms with van der Waals surface area (Å²) in [7, 11) is -0.348. The van der Waals surface area contributed by atoms with Crippen molar-refractivity contribution in [2.45, 2.75) is 40.5 Å². The molecule has 0 saturated carbocycles. The maximum Gasteiger partial charge on any atom is 0.508 e. The lowest BCUT2D eigenvalue weighted by Crippen LogP contribution is -2.16. The van der Waals surface area contributed by atoms with Gasteiger partial charge in [-0.1, -0.05) is 20.1 Å². The monoisotopic (exact) mass is 584 g/mol. The van der Waals surface area contributed by atoms with Crippen molar-refractivity contribution in [3.8, 4) is 0 Å². The van der Waals surface area contributed by atoms with Crippen LogP contribution >= 0.6 is 8.53 Å². The third-order valence-corrected chi connectivity index (χ3v) is 4.05. The summed E-state index contributed by atoms with van der Waals surface area (Å²) in [5.74, 6) is -1.38. The number of aliphatic hydroxyl groups excluding tert-OH is 1. The molecule has 226 valence electrons. The number of carbonyl (C=O) groups is 5. The van der Waals surface area contributed by atoms with Crippen LogP contribution in [0, 0.1) is 0 Å². The molecular weight excluding hydrogens is 539 g/mol. The third-order valence-electron chi connectivity index (χ3n) is 3.42. The molecule has 14 heteroatoms. The van der Waals surface area contributed by atoms with Gasteiger partial charge in [-0.25, -0.2) is 19.2 Å². The lowest BCUT2D eigenvalue weighted by atomic mass is 10.4. The number of carbonyl (C=O) groups excluding carboxylic acids is 5. The average Bonchev–Trinajstić information content (AvgIpc) is 2.90. The Hall–Kier alpha value is -3.18. The molecule has 0 aromatic rings. The van der Waals surface area contributed by atoms with Crippen LogP contribution in [0.3, 0.4) is 0 Å². The van der Waals surface area contributed by atoms with E-state index in [2.05, 4.69) is 41.6 Å². The topological polar surface area (TPSA) is 170 Å². The van der Waals surface area contributed by atoms with E-state index in [1.807, 2.05) is 13.6 Å². The zero-order chi connectivity index (χ0) is 31.3. The smallest absolute Gasteiger partial charge is 0.466 e. The Balaban J connectivity index is -0.000000533. The van der Waals surface area contributed by atoms with Crippen LogP contribution < -0.4 is 0 Å². The highest BCUT2D eigenvalue weighted by molar-refractivity contribution is 7.36. The second-order valence-electron chi connectivity index (χ2n) is 7.13. The van der Waals surface area contributed by atoms with Gasteiger partial charge >= 0.3 is 30.2 Å². The second-order valence-corrected chi connectivity index (χ2v) is 8.39. The van der Waals surface area contributed by atoms with Gasteiger partial charge in [0.25, 0.3) is 0 Å². The molecule has 0 aromatic heterocycles. The SMILES string of the molecule is C=C(C)C(=O)OCCO.C=C(C)C(=O)OCCOC(=O)OCCCOC(C)=O.O=C1OCCCO1.[3H]P(C)CC. The van der Waals surface area contributed by atoms with Gasteiger partial charge in [-0.15, -0.1) is 8.53 Å². The fourth-order valence-electron chi connectivity index (χ4n) is 1.53. The van der Waals surface area contributed by atoms with E-state index in [0.717, 1.165) is 12.6 Å². The van der Waals surface area contributed by atoms with Crippen LogP contribution in [0.1, 0.15) is 40.5 Å². The fourth-order valence-corrected chi connectivity index (χ4v) is 1.53. The first kappa shape index (κ1) is 38.0. The van der Waals surface area contributed by atoms with E-state index in [-0.39, 0.29) is 59.7 Å². The van der Waals surface area contributed by atoms with Crippen molar-refractivity contribution in [3.05, 3.63) is 24.3 Å². The highest BCUT2D eigenvalue weighted by atomic mass is 31.1. The van der Waals surface area contributed by atoms with Gasteiger partial charge in [0.1, 0.15) is 19.8 Å². The van der Waals surface area contributed by atoms with Gasteiger partial charge in [0, 0.05) is 30.9 Å². The molecule has 1 rings (SSSR count). The van der Waals surface area contributed by atoms with Gasteiger partial charge < -0.3 is 38.3 Å². The maximum atomic E-state index is 11.0. The predicted octanol–water partition coefficient (Wildman–Crippen LogP) is 3.17. The molecule has 0 radical (unpaired) electrons. The van der Waals surface area contributed by atoms with E-state index in [1.165, 1.54) is 13.8 Å². The van der Waals surface area contributed by atoms with Crippen LogP contribution in [-0.2, 0) is 47.5 Å². The molecule has 1 unspecified atom stereocenters. The van der Waals surface area contributed by atoms with Gasteiger partial charge in [-0.3, -0.25) is 4.79 Å². The quantitative estimate of drug-likeness (QED) is 0.117. The van der Waals surface area contributed by atoms with Crippen molar-refractivity contribution < 1.29 is 62.2 Å². The fraction of sp³-hybridized carbons (Fsp3) is 0.640. The Bertz CT molecular complexity index is 764. The maximum absolute atomic E-state index is 11.0. The number of rotatable bonds is 12. The normalized spacial score (nSPS) is 12.2. The largest absolute Gasteiger partial charge is 0.508 e. The Morgan fingerprint density at radius 1 is 0.872 bits per heavy atom. The third kappa shape index (κ3) is 34.8. The van der Waals surface area contributed by atoms with Gasteiger partial charge in [-0.2, -0.15) is 0 Å². The van der Waals surface area contributed by atoms with Crippen molar-refractivity contribution in [3.63, 3.8) is 0 Å². The van der Waals surface area contributed by atoms with Gasteiger partial charge in [0.2, 0.25) is 0 Å². The lowest BCUT2D eigenvalue weighted by Gasteiger charge is -2.09. The second kappa shape index (κ2) is 29.4. The minimum Gasteiger partial charge on any atom is -0.466 e. The Kier molecular flexibility index (Phi) is 28.6. The molecule has 1 heterocycles. The van der Waals surface area contributed by atoms with Crippen molar-refractivity contribution in [2.24, 2.45) is 0 Å². The van der Waals surface area contributed by atoms with Gasteiger partial charge in [-0.05, 0) is 26.7 Å². The number of hydrogen-bond acceptors (Lipinski definition) is 13. The van der Waals surface area contributed by atoms with E-state index >= 15 is 0 Å². The zero-order valence-electron chi connectivity index (χ0n) is 24.5. The number of esters is 3. The van der Waals surface area contributed by atoms with Crippen LogP contribution in [0.4, 0.5) is 9.59 Å². The van der Waals surface area contributed by atoms with Crippen molar-refractivity contribution in [1.82, 2.24) is 0 Å². The highest BCUT2D eigenvalue weighted by Crippen LogP contribution is 1.96. The van der Waals surface area contributed by atoms with Crippen molar-refractivity contribution in [2.75, 3.05) is 65.7 Å². The van der Waals surface area contributed by atoms with E-state index < -0.39 is 24.2 Å². The molecular formula is C25H43O13P. The standard InChI is InChI=1S/C12H18O7.C6H10O3.C4H6O3.C3H9P/c1-9(2)11(14)17-7-8-19-12(15)18-6-4-5-16-10(3)13;1-5(2)6(8)9-4-3-7;5-4-6-2-1-3-7-4;1-3-4-2/h1,4-8H2,2-3H3;7H,1,3-4H2,2H3;1-3H2;4H,3H2,1-2H3/i;;;4T. The summed E-state index contributed by atoms with van der Waals surface area (Å²) in [6.07, 6.45) is 0.848. The molecule has 0 bridgehead atoms. The lowest BCUT2D eigenvalue weighted by molar-refractivity contribution is -0.142. The predicted molar refractivity (Wildman–Crippen MR) is 144 cm³/mol. The van der Waals surface area contributed by atoms with Crippen LogP contribution in [0.15, 0.2) is 24.3 Å². The Morgan fingerprint density at radius 2 is 1.31 bits per heavy atom. The first-order valence-electron chi connectivity index (χ1n) is 12.4. The minimum absolute atomic E-state index is 0.0473. The summed E-state index contributed by atoms with van der Waals surface area (Å²) < 4.78 is 38.8. The van der Waals surface area contributed by atoms with E-state index in [1.54, 1.807) is 6.92 Å². The molecule has 1 N–H and O–H groups in total. The molecule has 1 atom stereocenters. The van der Waals surface area contributed by atoms with Crippen molar-refractivity contribution in [1.29, 1.82) is 1.28 Å². The first-order valence-corrected chi connectivity index (χ1v) is 13.5. The summed E-state index contributed by atoms with van der Waals surface area (Å²) in [5, 5.41) is 8.19. The Labute approximate surface area is 233 Å². The number of aliphatic hydroxyl groups is 1. The number of ether oxygens (including phenoxy) is 7. The molecule has 0 aromatic carbocycles. The van der Waals surface area contributed by atoms with E-state index in [4.69, 9.17) is 11.1 Å². The molecule has 13 nitrogen and oxygen atoms in total. The number of hydrogen-bond donors (Lipinski definition) is 1. The molecule has 39 heavy (non-hydrogen) atoms. The average molecular weight is 585 g/mol. The van der Waals surface area contributed by atoms with Gasteiger partial charge in [0.15, 0.2) is 0 Å². The van der Waals surface area contributed by atoms with Crippen LogP contribution in [0.25, 0.3) is 0 Å². The first-order chi connectivity index (χ1) is 18.8. The van der Waals surface area contributed by atoms with E-state index in [9.17, 15) is 24.0 Å². The van der Waals surface area contributed by atoms with Crippen molar-refractivity contribution >= 4 is 38.7 Å². The Morgan fingerprint density at radius 3 is 1.69 bits per heavy atom. The summed E-state index contributed by atoms with van der Waals surface area (Å²) in [4.78, 5) is 52.9. The van der Waals surface area contributed by atoms with Crippen LogP contribution in [0.2, 0.25) is 0 Å². The molecule has 1 fully saturated rings.